The van der Waals surface area contributed by atoms with Gasteiger partial charge in [-0.3, -0.25) is 0 Å². The zero-order valence-electron chi connectivity index (χ0n) is 11.0. The Morgan fingerprint density at radius 2 is 1.89 bits per heavy atom. The van der Waals surface area contributed by atoms with Gasteiger partial charge >= 0.3 is 0 Å². The van der Waals surface area contributed by atoms with Crippen molar-refractivity contribution < 1.29 is 0 Å². The van der Waals surface area contributed by atoms with Crippen LogP contribution in [-0.4, -0.2) is 12.3 Å². The van der Waals surface area contributed by atoms with Crippen molar-refractivity contribution in [3.63, 3.8) is 0 Å². The smallest absolute Gasteiger partial charge is 0.0409 e. The van der Waals surface area contributed by atoms with Gasteiger partial charge in [-0.05, 0) is 36.8 Å². The first-order valence-electron chi connectivity index (χ1n) is 6.42. The molecule has 0 aromatic heterocycles. The summed E-state index contributed by atoms with van der Waals surface area (Å²) in [6.07, 6.45) is 0. The number of halogens is 1. The standard InChI is InChI=1S/C16H18ClNS/c1-13(14-6-5-7-15(17)12-14)18-10-11-19-16-8-3-2-4-9-16/h2-9,12-13,18H,10-11H2,1H3. The third-order valence-electron chi connectivity index (χ3n) is 2.91. The molecule has 2 rings (SSSR count). The average Bonchev–Trinajstić information content (AvgIpc) is 2.44. The molecular formula is C16H18ClNS. The highest BCUT2D eigenvalue weighted by Crippen LogP contribution is 2.19. The van der Waals surface area contributed by atoms with Gasteiger partial charge < -0.3 is 5.32 Å². The number of hydrogen-bond donors (Lipinski definition) is 1. The van der Waals surface area contributed by atoms with Crippen molar-refractivity contribution in [2.24, 2.45) is 0 Å². The summed E-state index contributed by atoms with van der Waals surface area (Å²) in [5.74, 6) is 1.06. The fourth-order valence-corrected chi connectivity index (χ4v) is 2.86. The van der Waals surface area contributed by atoms with Crippen LogP contribution in [0, 0.1) is 0 Å². The Kier molecular flexibility index (Phi) is 5.77. The highest BCUT2D eigenvalue weighted by atomic mass is 35.5. The average molecular weight is 292 g/mol. The van der Waals surface area contributed by atoms with Gasteiger partial charge in [0.15, 0.2) is 0 Å². The number of thioether (sulfide) groups is 1. The van der Waals surface area contributed by atoms with E-state index >= 15 is 0 Å². The molecule has 19 heavy (non-hydrogen) atoms. The van der Waals surface area contributed by atoms with Gasteiger partial charge in [-0.1, -0.05) is 41.9 Å². The molecule has 0 aliphatic carbocycles. The number of rotatable bonds is 6. The van der Waals surface area contributed by atoms with Crippen molar-refractivity contribution in [3.8, 4) is 0 Å². The molecular weight excluding hydrogens is 274 g/mol. The van der Waals surface area contributed by atoms with Gasteiger partial charge in [0, 0.05) is 28.3 Å². The Morgan fingerprint density at radius 1 is 1.11 bits per heavy atom. The van der Waals surface area contributed by atoms with E-state index in [4.69, 9.17) is 11.6 Å². The van der Waals surface area contributed by atoms with E-state index in [1.54, 1.807) is 0 Å². The minimum Gasteiger partial charge on any atom is -0.309 e. The van der Waals surface area contributed by atoms with Crippen molar-refractivity contribution in [3.05, 3.63) is 65.2 Å². The number of nitrogens with one attached hydrogen (secondary N) is 1. The van der Waals surface area contributed by atoms with Gasteiger partial charge in [-0.2, -0.15) is 0 Å². The molecule has 0 spiro atoms. The quantitative estimate of drug-likeness (QED) is 0.607. The highest BCUT2D eigenvalue weighted by Gasteiger charge is 2.04. The Hall–Kier alpha value is -0.960. The zero-order chi connectivity index (χ0) is 13.5. The maximum Gasteiger partial charge on any atom is 0.0409 e. The van der Waals surface area contributed by atoms with Gasteiger partial charge in [0.25, 0.3) is 0 Å². The zero-order valence-corrected chi connectivity index (χ0v) is 12.5. The predicted octanol–water partition coefficient (Wildman–Crippen LogP) is 4.78. The van der Waals surface area contributed by atoms with E-state index < -0.39 is 0 Å². The highest BCUT2D eigenvalue weighted by molar-refractivity contribution is 7.99. The SMILES string of the molecule is CC(NCCSc1ccccc1)c1cccc(Cl)c1. The molecule has 1 nitrogen and oxygen atoms in total. The van der Waals surface area contributed by atoms with E-state index in [2.05, 4.69) is 42.6 Å². The van der Waals surface area contributed by atoms with Crippen molar-refractivity contribution in [2.75, 3.05) is 12.3 Å². The van der Waals surface area contributed by atoms with E-state index in [1.807, 2.05) is 36.0 Å². The van der Waals surface area contributed by atoms with E-state index in [9.17, 15) is 0 Å². The molecule has 0 saturated heterocycles. The van der Waals surface area contributed by atoms with Gasteiger partial charge in [-0.15, -0.1) is 11.8 Å². The van der Waals surface area contributed by atoms with E-state index in [0.717, 1.165) is 17.3 Å². The first-order chi connectivity index (χ1) is 9.25. The van der Waals surface area contributed by atoms with Gasteiger partial charge in [0.1, 0.15) is 0 Å². The molecule has 1 unspecified atom stereocenters. The second kappa shape index (κ2) is 7.59. The van der Waals surface area contributed by atoms with Crippen LogP contribution >= 0.6 is 23.4 Å². The van der Waals surface area contributed by atoms with Gasteiger partial charge in [-0.25, -0.2) is 0 Å². The molecule has 0 saturated carbocycles. The van der Waals surface area contributed by atoms with Crippen LogP contribution in [0.1, 0.15) is 18.5 Å². The maximum absolute atomic E-state index is 6.00. The third-order valence-corrected chi connectivity index (χ3v) is 4.16. The van der Waals surface area contributed by atoms with Crippen LogP contribution in [0.15, 0.2) is 59.5 Å². The Morgan fingerprint density at radius 3 is 2.63 bits per heavy atom. The lowest BCUT2D eigenvalue weighted by Gasteiger charge is -2.14. The number of benzene rings is 2. The minimum absolute atomic E-state index is 0.329. The Balaban J connectivity index is 1.74. The molecule has 1 N–H and O–H groups in total. The lowest BCUT2D eigenvalue weighted by molar-refractivity contribution is 0.601. The van der Waals surface area contributed by atoms with Crippen LogP contribution in [0.25, 0.3) is 0 Å². The van der Waals surface area contributed by atoms with Crippen LogP contribution in [0.4, 0.5) is 0 Å². The van der Waals surface area contributed by atoms with Crippen LogP contribution in [0.3, 0.4) is 0 Å². The second-order valence-corrected chi connectivity index (χ2v) is 6.00. The molecule has 2 aromatic carbocycles. The van der Waals surface area contributed by atoms with E-state index in [1.165, 1.54) is 10.5 Å². The molecule has 0 amide bonds. The molecule has 3 heteroatoms. The summed E-state index contributed by atoms with van der Waals surface area (Å²) < 4.78 is 0. The molecule has 1 atom stereocenters. The van der Waals surface area contributed by atoms with E-state index in [-0.39, 0.29) is 0 Å². The molecule has 100 valence electrons. The molecule has 0 fully saturated rings. The van der Waals surface area contributed by atoms with Gasteiger partial charge in [0.05, 0.1) is 0 Å². The summed E-state index contributed by atoms with van der Waals surface area (Å²) in [6, 6.07) is 18.8. The fraction of sp³-hybridized carbons (Fsp3) is 0.250. The van der Waals surface area contributed by atoms with Crippen LogP contribution in [-0.2, 0) is 0 Å². The molecule has 0 aliphatic heterocycles. The molecule has 0 bridgehead atoms. The normalized spacial score (nSPS) is 12.3. The largest absolute Gasteiger partial charge is 0.309 e. The molecule has 0 aliphatic rings. The van der Waals surface area contributed by atoms with Crippen molar-refractivity contribution in [1.82, 2.24) is 5.32 Å². The van der Waals surface area contributed by atoms with Crippen LogP contribution in [0.2, 0.25) is 5.02 Å². The Labute approximate surface area is 124 Å². The van der Waals surface area contributed by atoms with E-state index in [0.29, 0.717) is 6.04 Å². The molecule has 0 radical (unpaired) electrons. The third kappa shape index (κ3) is 4.90. The number of hydrogen-bond acceptors (Lipinski definition) is 2. The molecule has 2 aromatic rings. The summed E-state index contributed by atoms with van der Waals surface area (Å²) in [5.41, 5.74) is 1.23. The summed E-state index contributed by atoms with van der Waals surface area (Å²) >= 11 is 7.87. The topological polar surface area (TPSA) is 12.0 Å². The maximum atomic E-state index is 6.00. The van der Waals surface area contributed by atoms with Crippen molar-refractivity contribution in [2.45, 2.75) is 17.9 Å². The second-order valence-electron chi connectivity index (χ2n) is 4.39. The van der Waals surface area contributed by atoms with Crippen molar-refractivity contribution >= 4 is 23.4 Å². The first-order valence-corrected chi connectivity index (χ1v) is 7.79. The lowest BCUT2D eigenvalue weighted by Crippen LogP contribution is -2.21. The summed E-state index contributed by atoms with van der Waals surface area (Å²) in [6.45, 7) is 3.14. The predicted molar refractivity (Wildman–Crippen MR) is 85.0 cm³/mol. The van der Waals surface area contributed by atoms with Gasteiger partial charge in [0.2, 0.25) is 0 Å². The van der Waals surface area contributed by atoms with Crippen LogP contribution in [0.5, 0.6) is 0 Å². The van der Waals surface area contributed by atoms with Crippen molar-refractivity contribution in [1.29, 1.82) is 0 Å². The minimum atomic E-state index is 0.329. The summed E-state index contributed by atoms with van der Waals surface area (Å²) in [4.78, 5) is 1.32. The summed E-state index contributed by atoms with van der Waals surface area (Å²) in [7, 11) is 0. The Bertz CT molecular complexity index is 501. The fourth-order valence-electron chi connectivity index (χ4n) is 1.85. The molecule has 0 heterocycles. The summed E-state index contributed by atoms with van der Waals surface area (Å²) in [5, 5.41) is 4.31. The monoisotopic (exact) mass is 291 g/mol. The lowest BCUT2D eigenvalue weighted by atomic mass is 10.1. The van der Waals surface area contributed by atoms with Crippen LogP contribution < -0.4 is 5.32 Å². The first kappa shape index (κ1) is 14.4.